The van der Waals surface area contributed by atoms with Crippen molar-refractivity contribution in [1.82, 2.24) is 20.3 Å². The highest BCUT2D eigenvalue weighted by Gasteiger charge is 2.34. The first-order valence-electron chi connectivity index (χ1n) is 11.7. The predicted octanol–water partition coefficient (Wildman–Crippen LogP) is 2.27. The third-order valence-corrected chi connectivity index (χ3v) is 7.53. The lowest BCUT2D eigenvalue weighted by molar-refractivity contribution is 0.147. The Morgan fingerprint density at radius 2 is 2.00 bits per heavy atom. The molecular formula is C25H32N4O5S. The maximum atomic E-state index is 12.4. The molecule has 0 aromatic heterocycles. The normalized spacial score (nSPS) is 19.0. The summed E-state index contributed by atoms with van der Waals surface area (Å²) in [5.74, 6) is 0.729. The second-order valence-corrected chi connectivity index (χ2v) is 10.4. The summed E-state index contributed by atoms with van der Waals surface area (Å²) in [6.45, 7) is 2.89. The van der Waals surface area contributed by atoms with Gasteiger partial charge in [0.2, 0.25) is 0 Å². The lowest BCUT2D eigenvalue weighted by Crippen LogP contribution is -2.38. The van der Waals surface area contributed by atoms with Gasteiger partial charge in [-0.15, -0.1) is 0 Å². The Morgan fingerprint density at radius 1 is 1.20 bits per heavy atom. The number of ether oxygens (including phenoxy) is 2. The number of benzene rings is 2. The van der Waals surface area contributed by atoms with Crippen LogP contribution in [0, 0.1) is 0 Å². The van der Waals surface area contributed by atoms with Gasteiger partial charge in [0.25, 0.3) is 10.0 Å². The molecule has 0 saturated heterocycles. The van der Waals surface area contributed by atoms with Gasteiger partial charge >= 0.3 is 6.09 Å². The molecule has 2 unspecified atom stereocenters. The lowest BCUT2D eigenvalue weighted by atomic mass is 9.91. The van der Waals surface area contributed by atoms with Crippen LogP contribution in [0.2, 0.25) is 0 Å². The van der Waals surface area contributed by atoms with E-state index in [0.29, 0.717) is 25.4 Å². The molecule has 2 atom stereocenters. The highest BCUT2D eigenvalue weighted by molar-refractivity contribution is 7.93. The lowest BCUT2D eigenvalue weighted by Gasteiger charge is -2.22. The number of nitrogens with zero attached hydrogens (tertiary/aromatic N) is 1. The number of alkyl carbamates (subject to hydrolysis) is 1. The average Bonchev–Trinajstić information content (AvgIpc) is 3.42. The van der Waals surface area contributed by atoms with E-state index in [1.165, 1.54) is 5.56 Å². The predicted molar refractivity (Wildman–Crippen MR) is 133 cm³/mol. The van der Waals surface area contributed by atoms with Gasteiger partial charge in [-0.25, -0.2) is 17.9 Å². The highest BCUT2D eigenvalue weighted by atomic mass is 32.2. The van der Waals surface area contributed by atoms with Crippen LogP contribution in [0.1, 0.15) is 29.5 Å². The minimum Gasteiger partial charge on any atom is -0.492 e. The van der Waals surface area contributed by atoms with Crippen molar-refractivity contribution in [3.63, 3.8) is 0 Å². The summed E-state index contributed by atoms with van der Waals surface area (Å²) in [6, 6.07) is 16.0. The Bertz CT molecular complexity index is 1170. The number of sulfonamides is 1. The fourth-order valence-corrected chi connectivity index (χ4v) is 5.55. The van der Waals surface area contributed by atoms with Crippen LogP contribution in [-0.4, -0.2) is 58.9 Å². The fourth-order valence-electron chi connectivity index (χ4n) is 4.47. The van der Waals surface area contributed by atoms with Crippen LogP contribution >= 0.6 is 0 Å². The number of rotatable bonds is 10. The molecular weight excluding hydrogens is 468 g/mol. The van der Waals surface area contributed by atoms with Gasteiger partial charge < -0.3 is 25.0 Å². The molecule has 3 N–H and O–H groups in total. The first-order chi connectivity index (χ1) is 16.9. The van der Waals surface area contributed by atoms with Crippen LogP contribution in [0.4, 0.5) is 4.79 Å². The molecule has 1 heterocycles. The van der Waals surface area contributed by atoms with Crippen LogP contribution < -0.4 is 20.1 Å². The van der Waals surface area contributed by atoms with Crippen molar-refractivity contribution in [2.45, 2.75) is 31.7 Å². The molecule has 0 radical (unpaired) electrons. The molecule has 1 amide bonds. The van der Waals surface area contributed by atoms with Crippen LogP contribution in [-0.2, 0) is 27.6 Å². The summed E-state index contributed by atoms with van der Waals surface area (Å²) >= 11 is 0. The van der Waals surface area contributed by atoms with E-state index >= 15 is 0 Å². The summed E-state index contributed by atoms with van der Waals surface area (Å²) in [7, 11) is -1.80. The first kappa shape index (κ1) is 24.9. The van der Waals surface area contributed by atoms with E-state index in [-0.39, 0.29) is 30.1 Å². The van der Waals surface area contributed by atoms with Gasteiger partial charge in [-0.3, -0.25) is 0 Å². The Morgan fingerprint density at radius 3 is 2.71 bits per heavy atom. The van der Waals surface area contributed by atoms with Crippen molar-refractivity contribution >= 4 is 16.1 Å². The molecule has 0 fully saturated rings. The van der Waals surface area contributed by atoms with Crippen molar-refractivity contribution in [2.75, 3.05) is 33.5 Å². The van der Waals surface area contributed by atoms with Crippen molar-refractivity contribution in [3.8, 4) is 5.75 Å². The van der Waals surface area contributed by atoms with Crippen molar-refractivity contribution in [2.24, 2.45) is 0 Å². The number of hydrogen-bond donors (Lipinski definition) is 3. The van der Waals surface area contributed by atoms with Crippen LogP contribution in [0.15, 0.2) is 59.8 Å². The molecule has 1 aliphatic heterocycles. The minimum atomic E-state index is -3.60. The zero-order valence-corrected chi connectivity index (χ0v) is 20.8. The smallest absolute Gasteiger partial charge is 0.407 e. The molecule has 1 aliphatic carbocycles. The molecule has 0 saturated carbocycles. The van der Waals surface area contributed by atoms with E-state index in [9.17, 15) is 13.2 Å². The fraction of sp³-hybridized carbons (Fsp3) is 0.400. The monoisotopic (exact) mass is 500 g/mol. The summed E-state index contributed by atoms with van der Waals surface area (Å²) in [4.78, 5) is 13.9. The maximum Gasteiger partial charge on any atom is 0.407 e. The van der Waals surface area contributed by atoms with E-state index in [4.69, 9.17) is 9.47 Å². The van der Waals surface area contributed by atoms with E-state index < -0.39 is 16.1 Å². The van der Waals surface area contributed by atoms with Gasteiger partial charge in [-0.2, -0.15) is 0 Å². The summed E-state index contributed by atoms with van der Waals surface area (Å²) < 4.78 is 38.3. The van der Waals surface area contributed by atoms with Crippen LogP contribution in [0.5, 0.6) is 5.75 Å². The number of amides is 1. The van der Waals surface area contributed by atoms with E-state index in [0.717, 1.165) is 17.5 Å². The zero-order valence-electron chi connectivity index (χ0n) is 20.0. The Hall–Kier alpha value is -3.24. The molecule has 4 rings (SSSR count). The van der Waals surface area contributed by atoms with Gasteiger partial charge in [0, 0.05) is 31.8 Å². The van der Waals surface area contributed by atoms with E-state index in [2.05, 4.69) is 27.5 Å². The maximum absolute atomic E-state index is 12.4. The first-order valence-corrected chi connectivity index (χ1v) is 13.2. The second-order valence-electron chi connectivity index (χ2n) is 8.66. The third kappa shape index (κ3) is 6.26. The van der Waals surface area contributed by atoms with Crippen molar-refractivity contribution in [1.29, 1.82) is 0 Å². The second kappa shape index (κ2) is 11.0. The number of nitrogens with one attached hydrogen (secondary N) is 3. The van der Waals surface area contributed by atoms with Crippen molar-refractivity contribution in [3.05, 3.63) is 76.5 Å². The van der Waals surface area contributed by atoms with Crippen molar-refractivity contribution < 1.29 is 22.7 Å². The Balaban J connectivity index is 1.42. The zero-order chi connectivity index (χ0) is 24.8. The number of carbonyl (C=O) groups excluding carboxylic acids is 1. The largest absolute Gasteiger partial charge is 0.492 e. The molecule has 2 aromatic rings. The molecule has 9 nitrogen and oxygen atoms in total. The minimum absolute atomic E-state index is 0.0660. The summed E-state index contributed by atoms with van der Waals surface area (Å²) in [6.07, 6.45) is 2.62. The highest BCUT2D eigenvalue weighted by Crippen LogP contribution is 2.38. The third-order valence-electron chi connectivity index (χ3n) is 6.11. The summed E-state index contributed by atoms with van der Waals surface area (Å²) in [5, 5.41) is 6.02. The number of carbonyl (C=O) groups is 1. The SMILES string of the molecule is CCOC(=O)NC1Cc2ccc(OCCNS(=O)(=O)C3=CN(C)CN3)cc2C1Cc1ccccc1. The van der Waals surface area contributed by atoms with Gasteiger partial charge in [-0.05, 0) is 48.6 Å². The van der Waals surface area contributed by atoms with E-state index in [1.54, 1.807) is 25.1 Å². The molecule has 10 heteroatoms. The van der Waals surface area contributed by atoms with Crippen LogP contribution in [0.25, 0.3) is 0 Å². The molecule has 2 aliphatic rings. The van der Waals surface area contributed by atoms with Gasteiger partial charge in [-0.1, -0.05) is 36.4 Å². The molecule has 0 spiro atoms. The molecule has 35 heavy (non-hydrogen) atoms. The number of fused-ring (bicyclic) bond motifs is 1. The average molecular weight is 501 g/mol. The molecule has 2 aromatic carbocycles. The topological polar surface area (TPSA) is 109 Å². The van der Waals surface area contributed by atoms with Gasteiger partial charge in [0.05, 0.1) is 13.3 Å². The molecule has 188 valence electrons. The number of hydrogen-bond acceptors (Lipinski definition) is 7. The van der Waals surface area contributed by atoms with E-state index in [1.807, 2.05) is 36.4 Å². The van der Waals surface area contributed by atoms with Gasteiger partial charge in [0.15, 0.2) is 5.03 Å². The van der Waals surface area contributed by atoms with Crippen LogP contribution in [0.3, 0.4) is 0 Å². The quantitative estimate of drug-likeness (QED) is 0.430. The van der Waals surface area contributed by atoms with Gasteiger partial charge in [0.1, 0.15) is 12.4 Å². The Kier molecular flexibility index (Phi) is 7.82. The molecule has 0 bridgehead atoms. The standard InChI is InChI=1S/C25H32N4O5S/c1-3-33-25(30)28-23-14-19-9-10-20(15-21(19)22(23)13-18-7-5-4-6-8-18)34-12-11-27-35(31,32)24-16-29(2)17-26-24/h4-10,15-16,22-23,26-27H,3,11-14,17H2,1-2H3,(H,28,30). The Labute approximate surface area is 206 Å². The summed E-state index contributed by atoms with van der Waals surface area (Å²) in [5.41, 5.74) is 3.46.